The number of ether oxygens (including phenoxy) is 1. The minimum atomic E-state index is -4.17. The predicted molar refractivity (Wildman–Crippen MR) is 166 cm³/mol. The summed E-state index contributed by atoms with van der Waals surface area (Å²) in [7, 11) is -4.17. The van der Waals surface area contributed by atoms with Crippen molar-refractivity contribution in [3.05, 3.63) is 87.9 Å². The summed E-state index contributed by atoms with van der Waals surface area (Å²) in [5, 5.41) is 3.31. The maximum Gasteiger partial charge on any atom is 0.264 e. The normalized spacial score (nSPS) is 11.9. The lowest BCUT2D eigenvalue weighted by atomic mass is 10.1. The highest BCUT2D eigenvalue weighted by Gasteiger charge is 2.32. The number of nitrogens with one attached hydrogen (secondary N) is 1. The molecule has 0 unspecified atom stereocenters. The summed E-state index contributed by atoms with van der Waals surface area (Å²) in [4.78, 5) is 28.4. The van der Waals surface area contributed by atoms with Gasteiger partial charge in [0.25, 0.3) is 10.0 Å². The van der Waals surface area contributed by atoms with Gasteiger partial charge in [0.15, 0.2) is 0 Å². The van der Waals surface area contributed by atoms with E-state index in [0.717, 1.165) is 17.1 Å². The number of rotatable bonds is 14. The summed E-state index contributed by atoms with van der Waals surface area (Å²) in [6.45, 7) is 5.91. The second-order valence-corrected chi connectivity index (χ2v) is 12.5. The average Bonchev–Trinajstić information content (AvgIpc) is 2.96. The fourth-order valence-electron chi connectivity index (χ4n) is 4.07. The molecule has 0 bridgehead atoms. The molecular formula is C30H35BrClN3O5S. The molecule has 3 aromatic carbocycles. The van der Waals surface area contributed by atoms with Crippen molar-refractivity contribution in [1.29, 1.82) is 0 Å². The molecular weight excluding hydrogens is 630 g/mol. The van der Waals surface area contributed by atoms with E-state index in [1.54, 1.807) is 67.6 Å². The Morgan fingerprint density at radius 1 is 1.00 bits per heavy atom. The number of sulfonamides is 1. The molecule has 0 saturated heterocycles. The smallest absolute Gasteiger partial charge is 0.264 e. The first-order valence-electron chi connectivity index (χ1n) is 13.4. The highest BCUT2D eigenvalue weighted by Crippen LogP contribution is 2.28. The molecule has 0 aliphatic carbocycles. The molecule has 2 amide bonds. The Bertz CT molecular complexity index is 1420. The Balaban J connectivity index is 2.01. The van der Waals surface area contributed by atoms with E-state index < -0.39 is 28.5 Å². The summed E-state index contributed by atoms with van der Waals surface area (Å²) >= 11 is 9.74. The van der Waals surface area contributed by atoms with Gasteiger partial charge in [-0.15, -0.1) is 0 Å². The summed E-state index contributed by atoms with van der Waals surface area (Å²) in [5.74, 6) is -0.318. The number of nitrogens with zero attached hydrogens (tertiary/aromatic N) is 2. The van der Waals surface area contributed by atoms with E-state index in [-0.39, 0.29) is 23.0 Å². The van der Waals surface area contributed by atoms with E-state index in [0.29, 0.717) is 34.0 Å². The van der Waals surface area contributed by atoms with Crippen LogP contribution in [0.25, 0.3) is 0 Å². The lowest BCUT2D eigenvalue weighted by Gasteiger charge is -2.32. The van der Waals surface area contributed by atoms with Crippen LogP contribution in [0.3, 0.4) is 0 Å². The van der Waals surface area contributed by atoms with Gasteiger partial charge in [0.2, 0.25) is 11.8 Å². The first kappa shape index (κ1) is 32.4. The lowest BCUT2D eigenvalue weighted by Crippen LogP contribution is -2.51. The number of hydrogen-bond donors (Lipinski definition) is 1. The zero-order valence-corrected chi connectivity index (χ0v) is 26.5. The van der Waals surface area contributed by atoms with Gasteiger partial charge in [-0.3, -0.25) is 13.9 Å². The first-order valence-corrected chi connectivity index (χ1v) is 16.0. The average molecular weight is 665 g/mol. The maximum atomic E-state index is 14.0. The first-order chi connectivity index (χ1) is 19.6. The SMILES string of the molecule is CCCCNC(=O)[C@@H](C)N(Cc1ccccc1Cl)C(=O)CN(c1ccc(OCC)cc1)S(=O)(=O)c1ccc(Br)cc1. The van der Waals surface area contributed by atoms with Crippen molar-refractivity contribution in [2.24, 2.45) is 0 Å². The van der Waals surface area contributed by atoms with Crippen molar-refractivity contribution in [2.75, 3.05) is 24.0 Å². The van der Waals surface area contributed by atoms with Gasteiger partial charge in [-0.05, 0) is 80.4 Å². The van der Waals surface area contributed by atoms with Gasteiger partial charge >= 0.3 is 0 Å². The largest absolute Gasteiger partial charge is 0.494 e. The van der Waals surface area contributed by atoms with Crippen LogP contribution < -0.4 is 14.4 Å². The summed E-state index contributed by atoms with van der Waals surface area (Å²) < 4.78 is 35.1. The van der Waals surface area contributed by atoms with Crippen LogP contribution in [-0.4, -0.2) is 50.9 Å². The number of carbonyl (C=O) groups is 2. The monoisotopic (exact) mass is 663 g/mol. The van der Waals surface area contributed by atoms with Crippen molar-refractivity contribution in [3.63, 3.8) is 0 Å². The van der Waals surface area contributed by atoms with Crippen molar-refractivity contribution < 1.29 is 22.7 Å². The van der Waals surface area contributed by atoms with Gasteiger partial charge in [0.05, 0.1) is 17.2 Å². The van der Waals surface area contributed by atoms with Crippen LogP contribution in [0.4, 0.5) is 5.69 Å². The van der Waals surface area contributed by atoms with Crippen LogP contribution >= 0.6 is 27.5 Å². The van der Waals surface area contributed by atoms with E-state index in [1.165, 1.54) is 17.0 Å². The molecule has 1 atom stereocenters. The molecule has 0 aromatic heterocycles. The number of amides is 2. The number of halogens is 2. The summed E-state index contributed by atoms with van der Waals surface area (Å²) in [5.41, 5.74) is 0.918. The minimum absolute atomic E-state index is 0.0189. The van der Waals surface area contributed by atoms with Gasteiger partial charge < -0.3 is 15.0 Å². The molecule has 1 N–H and O–H groups in total. The topological polar surface area (TPSA) is 96.0 Å². The third-order valence-corrected chi connectivity index (χ3v) is 9.10. The van der Waals surface area contributed by atoms with E-state index in [4.69, 9.17) is 16.3 Å². The predicted octanol–water partition coefficient (Wildman–Crippen LogP) is 6.03. The van der Waals surface area contributed by atoms with Crippen LogP contribution in [0.1, 0.15) is 39.2 Å². The minimum Gasteiger partial charge on any atom is -0.494 e. The van der Waals surface area contributed by atoms with Gasteiger partial charge in [-0.25, -0.2) is 8.42 Å². The van der Waals surface area contributed by atoms with E-state index in [2.05, 4.69) is 21.2 Å². The standard InChI is InChI=1S/C30H35BrClN3O5S/c1-4-6-19-33-30(37)22(3)34(20-23-9-7-8-10-28(23)32)29(36)21-35(25-13-15-26(16-14-25)40-5-2)41(38,39)27-17-11-24(31)12-18-27/h7-18,22H,4-6,19-21H2,1-3H3,(H,33,37)/t22-/m1/s1. The Morgan fingerprint density at radius 2 is 1.66 bits per heavy atom. The summed E-state index contributed by atoms with van der Waals surface area (Å²) in [6.07, 6.45) is 1.70. The van der Waals surface area contributed by atoms with Crippen molar-refractivity contribution >= 4 is 55.1 Å². The molecule has 0 aliphatic rings. The molecule has 3 aromatic rings. The Morgan fingerprint density at radius 3 is 2.27 bits per heavy atom. The molecule has 3 rings (SSSR count). The van der Waals surface area contributed by atoms with Crippen LogP contribution in [0.2, 0.25) is 5.02 Å². The van der Waals surface area contributed by atoms with Gasteiger partial charge in [0.1, 0.15) is 18.3 Å². The number of anilines is 1. The lowest BCUT2D eigenvalue weighted by molar-refractivity contribution is -0.139. The fourth-order valence-corrected chi connectivity index (χ4v) is 5.94. The molecule has 11 heteroatoms. The van der Waals surface area contributed by atoms with Gasteiger partial charge in [0, 0.05) is 22.6 Å². The molecule has 41 heavy (non-hydrogen) atoms. The van der Waals surface area contributed by atoms with Crippen molar-refractivity contribution in [1.82, 2.24) is 10.2 Å². The molecule has 0 aliphatic heterocycles. The number of carbonyl (C=O) groups excluding carboxylic acids is 2. The molecule has 220 valence electrons. The molecule has 0 spiro atoms. The highest BCUT2D eigenvalue weighted by atomic mass is 79.9. The molecule has 0 fully saturated rings. The number of hydrogen-bond acceptors (Lipinski definition) is 5. The summed E-state index contributed by atoms with van der Waals surface area (Å²) in [6, 6.07) is 18.8. The quantitative estimate of drug-likeness (QED) is 0.213. The van der Waals surface area contributed by atoms with Crippen LogP contribution in [0, 0.1) is 0 Å². The van der Waals surface area contributed by atoms with Gasteiger partial charge in [-0.1, -0.05) is 59.1 Å². The third-order valence-electron chi connectivity index (χ3n) is 6.41. The van der Waals surface area contributed by atoms with E-state index in [9.17, 15) is 18.0 Å². The zero-order valence-electron chi connectivity index (χ0n) is 23.3. The third kappa shape index (κ3) is 8.70. The van der Waals surface area contributed by atoms with Crippen LogP contribution in [0.5, 0.6) is 5.75 Å². The Kier molecular flexibility index (Phi) is 12.1. The van der Waals surface area contributed by atoms with E-state index in [1.807, 2.05) is 13.8 Å². The molecule has 0 heterocycles. The van der Waals surface area contributed by atoms with Crippen molar-refractivity contribution in [2.45, 2.75) is 51.1 Å². The number of benzene rings is 3. The van der Waals surface area contributed by atoms with Crippen LogP contribution in [0.15, 0.2) is 82.2 Å². The molecule has 8 nitrogen and oxygen atoms in total. The zero-order chi connectivity index (χ0) is 30.0. The molecule has 0 radical (unpaired) electrons. The van der Waals surface area contributed by atoms with Crippen LogP contribution in [-0.2, 0) is 26.2 Å². The van der Waals surface area contributed by atoms with Crippen molar-refractivity contribution in [3.8, 4) is 5.75 Å². The second-order valence-electron chi connectivity index (χ2n) is 9.33. The van der Waals surface area contributed by atoms with Gasteiger partial charge in [-0.2, -0.15) is 0 Å². The Labute approximate surface area is 255 Å². The molecule has 0 saturated carbocycles. The Hall–Kier alpha value is -3.08. The van der Waals surface area contributed by atoms with E-state index >= 15 is 0 Å². The number of unbranched alkanes of at least 4 members (excludes halogenated alkanes) is 1. The maximum absolute atomic E-state index is 14.0. The fraction of sp³-hybridized carbons (Fsp3) is 0.333. The highest BCUT2D eigenvalue weighted by molar-refractivity contribution is 9.10. The second kappa shape index (κ2) is 15.2.